The van der Waals surface area contributed by atoms with E-state index >= 15 is 0 Å². The van der Waals surface area contributed by atoms with Crippen molar-refractivity contribution in [3.05, 3.63) is 56.5 Å². The highest BCUT2D eigenvalue weighted by molar-refractivity contribution is 9.10. The zero-order valence-electron chi connectivity index (χ0n) is 13.9. The van der Waals surface area contributed by atoms with Gasteiger partial charge in [0.15, 0.2) is 0 Å². The second kappa shape index (κ2) is 8.46. The zero-order valence-corrected chi connectivity index (χ0v) is 17.8. The predicted molar refractivity (Wildman–Crippen MR) is 108 cm³/mol. The third kappa shape index (κ3) is 4.64. The number of carbonyl (C=O) groups is 1. The fraction of sp³-hybridized carbons (Fsp3) is 0.235. The van der Waals surface area contributed by atoms with Crippen LogP contribution in [-0.4, -0.2) is 44.9 Å². The normalized spacial score (nSPS) is 15.5. The standard InChI is InChI=1S/C17H15BrCl2N2O4S/c18-11-2-1-3-12(8-11)21-17(23)13-9-16(15(20)10-14(13)19)27(24,25)22-4-6-26-7-5-22/h1-3,8-10H,4-7H2,(H,21,23). The predicted octanol–water partition coefficient (Wildman–Crippen LogP) is 4.03. The molecule has 2 aromatic rings. The minimum absolute atomic E-state index is 0.0212. The van der Waals surface area contributed by atoms with Crippen molar-refractivity contribution in [3.63, 3.8) is 0 Å². The number of amides is 1. The van der Waals surface area contributed by atoms with Crippen molar-refractivity contribution in [2.24, 2.45) is 0 Å². The molecule has 0 saturated carbocycles. The molecule has 3 rings (SSSR count). The highest BCUT2D eigenvalue weighted by atomic mass is 79.9. The van der Waals surface area contributed by atoms with E-state index in [1.54, 1.807) is 18.2 Å². The number of nitrogens with one attached hydrogen (secondary N) is 1. The maximum Gasteiger partial charge on any atom is 0.257 e. The van der Waals surface area contributed by atoms with Gasteiger partial charge in [-0.3, -0.25) is 4.79 Å². The highest BCUT2D eigenvalue weighted by Crippen LogP contribution is 2.31. The lowest BCUT2D eigenvalue weighted by molar-refractivity contribution is 0.0730. The molecule has 6 nitrogen and oxygen atoms in total. The summed E-state index contributed by atoms with van der Waals surface area (Å²) in [6.07, 6.45) is 0. The van der Waals surface area contributed by atoms with Gasteiger partial charge < -0.3 is 10.1 Å². The number of sulfonamides is 1. The smallest absolute Gasteiger partial charge is 0.257 e. The number of nitrogens with zero attached hydrogens (tertiary/aromatic N) is 1. The molecule has 27 heavy (non-hydrogen) atoms. The monoisotopic (exact) mass is 492 g/mol. The lowest BCUT2D eigenvalue weighted by Crippen LogP contribution is -2.40. The van der Waals surface area contributed by atoms with Crippen LogP contribution in [0.15, 0.2) is 45.8 Å². The average molecular weight is 494 g/mol. The van der Waals surface area contributed by atoms with Gasteiger partial charge in [0.25, 0.3) is 5.91 Å². The summed E-state index contributed by atoms with van der Waals surface area (Å²) in [5, 5.41) is 2.72. The van der Waals surface area contributed by atoms with Gasteiger partial charge in [-0.1, -0.05) is 45.2 Å². The van der Waals surface area contributed by atoms with E-state index in [4.69, 9.17) is 27.9 Å². The molecule has 0 aromatic heterocycles. The van der Waals surface area contributed by atoms with Crippen LogP contribution >= 0.6 is 39.1 Å². The molecule has 0 bridgehead atoms. The first-order chi connectivity index (χ1) is 12.8. The molecular weight excluding hydrogens is 479 g/mol. The number of ether oxygens (including phenoxy) is 1. The molecule has 1 fully saturated rings. The van der Waals surface area contributed by atoms with Crippen LogP contribution in [0.5, 0.6) is 0 Å². The van der Waals surface area contributed by atoms with Crippen molar-refractivity contribution in [1.29, 1.82) is 0 Å². The van der Waals surface area contributed by atoms with Crippen LogP contribution in [0.3, 0.4) is 0 Å². The molecule has 10 heteroatoms. The molecule has 1 aliphatic heterocycles. The molecule has 1 aliphatic rings. The fourth-order valence-corrected chi connectivity index (χ4v) is 5.23. The molecule has 1 saturated heterocycles. The van der Waals surface area contributed by atoms with Gasteiger partial charge in [0.05, 0.1) is 28.8 Å². The van der Waals surface area contributed by atoms with E-state index in [0.717, 1.165) is 4.47 Å². The number of benzene rings is 2. The van der Waals surface area contributed by atoms with Gasteiger partial charge in [-0.05, 0) is 30.3 Å². The van der Waals surface area contributed by atoms with Crippen molar-refractivity contribution in [2.75, 3.05) is 31.6 Å². The Balaban J connectivity index is 1.95. The van der Waals surface area contributed by atoms with Crippen LogP contribution in [0.2, 0.25) is 10.0 Å². The Morgan fingerprint density at radius 3 is 2.48 bits per heavy atom. The second-order valence-corrected chi connectivity index (χ2v) is 9.38. The van der Waals surface area contributed by atoms with E-state index in [1.165, 1.54) is 16.4 Å². The highest BCUT2D eigenvalue weighted by Gasteiger charge is 2.30. The third-order valence-corrected chi connectivity index (χ3v) is 7.11. The summed E-state index contributed by atoms with van der Waals surface area (Å²) in [6.45, 7) is 1.06. The van der Waals surface area contributed by atoms with Gasteiger partial charge in [-0.25, -0.2) is 8.42 Å². The fourth-order valence-electron chi connectivity index (χ4n) is 2.59. The number of hydrogen-bond donors (Lipinski definition) is 1. The summed E-state index contributed by atoms with van der Waals surface area (Å²) in [5.41, 5.74) is 0.561. The Bertz CT molecular complexity index is 979. The minimum atomic E-state index is -3.87. The molecule has 1 N–H and O–H groups in total. The molecular formula is C17H15BrCl2N2O4S. The van der Waals surface area contributed by atoms with E-state index in [0.29, 0.717) is 18.9 Å². The van der Waals surface area contributed by atoms with Gasteiger partial charge in [-0.15, -0.1) is 0 Å². The molecule has 1 amide bonds. The van der Waals surface area contributed by atoms with E-state index in [2.05, 4.69) is 21.2 Å². The summed E-state index contributed by atoms with van der Waals surface area (Å²) >= 11 is 15.6. The van der Waals surface area contributed by atoms with Crippen molar-refractivity contribution >= 4 is 60.7 Å². The van der Waals surface area contributed by atoms with Crippen molar-refractivity contribution in [2.45, 2.75) is 4.90 Å². The third-order valence-electron chi connectivity index (χ3n) is 3.94. The minimum Gasteiger partial charge on any atom is -0.379 e. The first kappa shape index (κ1) is 20.6. The second-order valence-electron chi connectivity index (χ2n) is 5.74. The number of carbonyl (C=O) groups excluding carboxylic acids is 1. The molecule has 144 valence electrons. The Labute approximate surface area is 175 Å². The van der Waals surface area contributed by atoms with Crippen LogP contribution in [-0.2, 0) is 14.8 Å². The summed E-state index contributed by atoms with van der Waals surface area (Å²) < 4.78 is 33.1. The molecule has 0 spiro atoms. The van der Waals surface area contributed by atoms with Crippen molar-refractivity contribution < 1.29 is 17.9 Å². The van der Waals surface area contributed by atoms with E-state index in [-0.39, 0.29) is 33.6 Å². The number of anilines is 1. The summed E-state index contributed by atoms with van der Waals surface area (Å²) in [7, 11) is -3.87. The Morgan fingerprint density at radius 1 is 1.11 bits per heavy atom. The van der Waals surface area contributed by atoms with E-state index < -0.39 is 15.9 Å². The van der Waals surface area contributed by atoms with Gasteiger partial charge in [0.2, 0.25) is 10.0 Å². The van der Waals surface area contributed by atoms with Gasteiger partial charge in [0, 0.05) is 23.2 Å². The summed E-state index contributed by atoms with van der Waals surface area (Å²) in [6, 6.07) is 9.48. The SMILES string of the molecule is O=C(Nc1cccc(Br)c1)c1cc(S(=O)(=O)N2CCOCC2)c(Cl)cc1Cl. The lowest BCUT2D eigenvalue weighted by atomic mass is 10.2. The van der Waals surface area contributed by atoms with E-state index in [9.17, 15) is 13.2 Å². The summed E-state index contributed by atoms with van der Waals surface area (Å²) in [5.74, 6) is -0.534. The number of hydrogen-bond acceptors (Lipinski definition) is 4. The zero-order chi connectivity index (χ0) is 19.6. The lowest BCUT2D eigenvalue weighted by Gasteiger charge is -2.26. The number of rotatable bonds is 4. The van der Waals surface area contributed by atoms with Crippen LogP contribution in [0.1, 0.15) is 10.4 Å². The maximum atomic E-state index is 12.9. The number of halogens is 3. The quantitative estimate of drug-likeness (QED) is 0.697. The Kier molecular flexibility index (Phi) is 6.45. The first-order valence-electron chi connectivity index (χ1n) is 7.93. The molecule has 2 aromatic carbocycles. The maximum absolute atomic E-state index is 12.9. The molecule has 0 aliphatic carbocycles. The van der Waals surface area contributed by atoms with Gasteiger partial charge in [-0.2, -0.15) is 4.31 Å². The van der Waals surface area contributed by atoms with Crippen molar-refractivity contribution in [1.82, 2.24) is 4.31 Å². The molecule has 0 unspecified atom stereocenters. The molecule has 1 heterocycles. The summed E-state index contributed by atoms with van der Waals surface area (Å²) in [4.78, 5) is 12.5. The van der Waals surface area contributed by atoms with Crippen LogP contribution in [0.25, 0.3) is 0 Å². The van der Waals surface area contributed by atoms with Crippen molar-refractivity contribution in [3.8, 4) is 0 Å². The van der Waals surface area contributed by atoms with Crippen LogP contribution in [0, 0.1) is 0 Å². The van der Waals surface area contributed by atoms with E-state index in [1.807, 2.05) is 6.07 Å². The largest absolute Gasteiger partial charge is 0.379 e. The topological polar surface area (TPSA) is 75.7 Å². The van der Waals surface area contributed by atoms with Gasteiger partial charge in [0.1, 0.15) is 4.90 Å². The molecule has 0 atom stereocenters. The first-order valence-corrected chi connectivity index (χ1v) is 10.9. The average Bonchev–Trinajstić information content (AvgIpc) is 2.62. The van der Waals surface area contributed by atoms with Crippen LogP contribution < -0.4 is 5.32 Å². The Hall–Kier alpha value is -1.16. The Morgan fingerprint density at radius 2 is 1.81 bits per heavy atom. The van der Waals surface area contributed by atoms with Gasteiger partial charge >= 0.3 is 0 Å². The molecule has 0 radical (unpaired) electrons. The number of morpholine rings is 1. The van der Waals surface area contributed by atoms with Crippen LogP contribution in [0.4, 0.5) is 5.69 Å².